The molecule has 5 rings (SSSR count). The Hall–Kier alpha value is -1.04. The minimum Gasteiger partial charge on any atom is -0.393 e. The lowest BCUT2D eigenvalue weighted by atomic mass is 9.35. The summed E-state index contributed by atoms with van der Waals surface area (Å²) in [6, 6.07) is 0. The van der Waals surface area contributed by atoms with E-state index in [1.807, 2.05) is 33.8 Å². The molecule has 0 spiro atoms. The second kappa shape index (κ2) is 7.74. The van der Waals surface area contributed by atoms with Crippen LogP contribution in [-0.2, 0) is 14.3 Å². The molecule has 0 aromatic carbocycles. The second-order valence-corrected chi connectivity index (χ2v) is 14.4. The van der Waals surface area contributed by atoms with Gasteiger partial charge in [-0.3, -0.25) is 4.79 Å². The van der Waals surface area contributed by atoms with Crippen LogP contribution in [0.1, 0.15) is 93.4 Å². The third-order valence-electron chi connectivity index (χ3n) is 12.3. The smallest absolute Gasteiger partial charge is 0.138 e. The van der Waals surface area contributed by atoms with Crippen molar-refractivity contribution in [1.29, 1.82) is 0 Å². The normalized spacial score (nSPS) is 51.1. The number of ether oxygens (including phenoxy) is 1. The van der Waals surface area contributed by atoms with Gasteiger partial charge in [-0.05, 0) is 87.9 Å². The molecular weight excluding hydrogens is 440 g/mol. The molecular formula is C30H46O5. The molecule has 0 aromatic rings. The Labute approximate surface area is 211 Å². The largest absolute Gasteiger partial charge is 0.393 e. The summed E-state index contributed by atoms with van der Waals surface area (Å²) in [7, 11) is 0. The fraction of sp³-hybridized carbons (Fsp3) is 0.867. The van der Waals surface area contributed by atoms with E-state index in [0.29, 0.717) is 31.1 Å². The molecule has 4 saturated carbocycles. The summed E-state index contributed by atoms with van der Waals surface area (Å²) in [5.41, 5.74) is -0.382. The highest BCUT2D eigenvalue weighted by molar-refractivity contribution is 5.87. The molecule has 1 heterocycles. The quantitative estimate of drug-likeness (QED) is 0.336. The van der Waals surface area contributed by atoms with Crippen LogP contribution in [0.15, 0.2) is 11.6 Å². The molecule has 5 nitrogen and oxygen atoms in total. The predicted molar refractivity (Wildman–Crippen MR) is 135 cm³/mol. The number of aldehydes is 1. The van der Waals surface area contributed by atoms with E-state index in [2.05, 4.69) is 20.8 Å². The number of hydrogen-bond donors (Lipinski definition) is 2. The fourth-order valence-corrected chi connectivity index (χ4v) is 10.1. The number of epoxide rings is 1. The van der Waals surface area contributed by atoms with E-state index >= 15 is 0 Å². The molecule has 5 fully saturated rings. The summed E-state index contributed by atoms with van der Waals surface area (Å²) in [6.45, 7) is 14.9. The minimum atomic E-state index is -0.633. The van der Waals surface area contributed by atoms with Gasteiger partial charge in [0.1, 0.15) is 24.3 Å². The van der Waals surface area contributed by atoms with Gasteiger partial charge in [0, 0.05) is 23.2 Å². The van der Waals surface area contributed by atoms with Crippen LogP contribution >= 0.6 is 0 Å². The molecule has 1 saturated heterocycles. The first-order valence-electron chi connectivity index (χ1n) is 13.9. The fourth-order valence-electron chi connectivity index (χ4n) is 10.1. The number of carbonyl (C=O) groups excluding carboxylic acids is 2. The molecule has 1 aliphatic heterocycles. The lowest BCUT2D eigenvalue weighted by Gasteiger charge is -2.69. The molecule has 2 N–H and O–H groups in total. The molecule has 0 bridgehead atoms. The van der Waals surface area contributed by atoms with Crippen LogP contribution in [0.4, 0.5) is 0 Å². The minimum absolute atomic E-state index is 0.00231. The lowest BCUT2D eigenvalue weighted by Crippen LogP contribution is -2.68. The van der Waals surface area contributed by atoms with E-state index in [9.17, 15) is 19.8 Å². The van der Waals surface area contributed by atoms with E-state index in [1.54, 1.807) is 0 Å². The van der Waals surface area contributed by atoms with Gasteiger partial charge in [-0.25, -0.2) is 0 Å². The number of hydrogen-bond acceptors (Lipinski definition) is 5. The van der Waals surface area contributed by atoms with Gasteiger partial charge < -0.3 is 19.7 Å². The zero-order valence-corrected chi connectivity index (χ0v) is 22.8. The van der Waals surface area contributed by atoms with Gasteiger partial charge in [0.2, 0.25) is 0 Å². The maximum atomic E-state index is 13.0. The summed E-state index contributed by atoms with van der Waals surface area (Å²) in [5, 5.41) is 22.6. The second-order valence-electron chi connectivity index (χ2n) is 14.4. The summed E-state index contributed by atoms with van der Waals surface area (Å²) in [4.78, 5) is 25.9. The third-order valence-corrected chi connectivity index (χ3v) is 12.3. The number of ketones is 1. The Balaban J connectivity index is 1.49. The maximum absolute atomic E-state index is 13.0. The van der Waals surface area contributed by atoms with E-state index in [4.69, 9.17) is 4.74 Å². The van der Waals surface area contributed by atoms with Gasteiger partial charge in [0.05, 0.1) is 11.7 Å². The van der Waals surface area contributed by atoms with Gasteiger partial charge in [-0.2, -0.15) is 0 Å². The molecule has 5 heteroatoms. The zero-order chi connectivity index (χ0) is 25.8. The van der Waals surface area contributed by atoms with Crippen LogP contribution in [0.2, 0.25) is 0 Å². The van der Waals surface area contributed by atoms with Crippen molar-refractivity contribution in [3.05, 3.63) is 11.6 Å². The maximum Gasteiger partial charge on any atom is 0.138 e. The molecule has 35 heavy (non-hydrogen) atoms. The Kier molecular flexibility index (Phi) is 5.66. The standard InChI is InChI=1S/C30H46O5/c1-17(14-21(33)25-27(4,5)35-25)18-8-11-28(6)19(18)15-20(32)24-29(28,7)12-9-22-26(2,3)23(34)10-13-30(22,24)16-31/h14,16,18-22,24-25,32-33H,8-13,15H2,1-7H3/b17-14+/t18-,19-,20-,21+,22?,24+,25-,28-,29-,30-/m1/s1. The third kappa shape index (κ3) is 3.29. The van der Waals surface area contributed by atoms with Crippen molar-refractivity contribution in [3.8, 4) is 0 Å². The lowest BCUT2D eigenvalue weighted by molar-refractivity contribution is -0.231. The van der Waals surface area contributed by atoms with Gasteiger partial charge in [-0.1, -0.05) is 39.3 Å². The summed E-state index contributed by atoms with van der Waals surface area (Å²) in [6.07, 6.45) is 7.46. The van der Waals surface area contributed by atoms with E-state index in [1.165, 1.54) is 5.57 Å². The molecule has 1 unspecified atom stereocenters. The number of aliphatic hydroxyl groups is 2. The number of allylic oxidation sites excluding steroid dienone is 1. The zero-order valence-electron chi connectivity index (χ0n) is 22.8. The average Bonchev–Trinajstić information content (AvgIpc) is 3.28. The van der Waals surface area contributed by atoms with Gasteiger partial charge >= 0.3 is 0 Å². The van der Waals surface area contributed by atoms with Crippen LogP contribution in [-0.4, -0.2) is 46.2 Å². The molecule has 5 aliphatic rings. The highest BCUT2D eigenvalue weighted by Crippen LogP contribution is 2.75. The topological polar surface area (TPSA) is 87.1 Å². The van der Waals surface area contributed by atoms with Crippen molar-refractivity contribution in [1.82, 2.24) is 0 Å². The first-order valence-corrected chi connectivity index (χ1v) is 13.9. The number of Topliss-reactive ketones (excluding diaryl/α,β-unsaturated/α-hetero) is 1. The average molecular weight is 487 g/mol. The van der Waals surface area contributed by atoms with Crippen LogP contribution in [0, 0.1) is 45.3 Å². The highest BCUT2D eigenvalue weighted by Gasteiger charge is 2.72. The molecule has 4 aliphatic carbocycles. The Morgan fingerprint density at radius 1 is 1.06 bits per heavy atom. The van der Waals surface area contributed by atoms with Gasteiger partial charge in [0.15, 0.2) is 0 Å². The number of aliphatic hydroxyl groups excluding tert-OH is 2. The Bertz CT molecular complexity index is 950. The highest BCUT2D eigenvalue weighted by atomic mass is 16.6. The SMILES string of the molecule is C/C(=C\[C@H](O)[C@H]1OC1(C)C)[C@H]1CC[C@]2(C)[C@@H]1C[C@@H](O)[C@@H]1[C@@]3(C=O)CCC(=O)C(C)(C)C3CC[C@]12C. The molecule has 0 radical (unpaired) electrons. The van der Waals surface area contributed by atoms with Crippen molar-refractivity contribution in [3.63, 3.8) is 0 Å². The molecule has 0 amide bonds. The summed E-state index contributed by atoms with van der Waals surface area (Å²) in [5.74, 6) is 0.778. The monoisotopic (exact) mass is 486 g/mol. The number of carbonyl (C=O) groups is 2. The van der Waals surface area contributed by atoms with Crippen LogP contribution < -0.4 is 0 Å². The first-order chi connectivity index (χ1) is 16.2. The molecule has 196 valence electrons. The van der Waals surface area contributed by atoms with Crippen LogP contribution in [0.25, 0.3) is 0 Å². The van der Waals surface area contributed by atoms with Gasteiger partial charge in [0.25, 0.3) is 0 Å². The number of rotatable bonds is 4. The van der Waals surface area contributed by atoms with Crippen molar-refractivity contribution >= 4 is 12.1 Å². The molecule has 10 atom stereocenters. The van der Waals surface area contributed by atoms with Crippen molar-refractivity contribution in [2.24, 2.45) is 45.3 Å². The van der Waals surface area contributed by atoms with Crippen LogP contribution in [0.5, 0.6) is 0 Å². The Morgan fingerprint density at radius 2 is 1.69 bits per heavy atom. The number of fused-ring (bicyclic) bond motifs is 5. The van der Waals surface area contributed by atoms with Crippen molar-refractivity contribution < 1.29 is 24.5 Å². The van der Waals surface area contributed by atoms with Crippen molar-refractivity contribution in [2.45, 2.75) is 117 Å². The first kappa shape index (κ1) is 25.6. The van der Waals surface area contributed by atoms with E-state index in [-0.39, 0.29) is 40.2 Å². The molecule has 0 aromatic heterocycles. The summed E-state index contributed by atoms with van der Waals surface area (Å²) >= 11 is 0. The van der Waals surface area contributed by atoms with Crippen LogP contribution in [0.3, 0.4) is 0 Å². The predicted octanol–water partition coefficient (Wildman–Crippen LogP) is 4.88. The Morgan fingerprint density at radius 3 is 2.29 bits per heavy atom. The van der Waals surface area contributed by atoms with E-state index in [0.717, 1.165) is 32.0 Å². The van der Waals surface area contributed by atoms with Crippen molar-refractivity contribution in [2.75, 3.05) is 0 Å². The van der Waals surface area contributed by atoms with E-state index < -0.39 is 23.0 Å². The summed E-state index contributed by atoms with van der Waals surface area (Å²) < 4.78 is 5.67. The van der Waals surface area contributed by atoms with Gasteiger partial charge in [-0.15, -0.1) is 0 Å².